The zero-order valence-corrected chi connectivity index (χ0v) is 20.7. The van der Waals surface area contributed by atoms with E-state index in [-0.39, 0.29) is 20.7 Å². The molecule has 0 spiro atoms. The van der Waals surface area contributed by atoms with Crippen LogP contribution in [0.5, 0.6) is 0 Å². The van der Waals surface area contributed by atoms with Gasteiger partial charge in [0.2, 0.25) is 0 Å². The van der Waals surface area contributed by atoms with Crippen molar-refractivity contribution < 1.29 is 0 Å². The Morgan fingerprint density at radius 3 is 2.61 bits per heavy atom. The van der Waals surface area contributed by atoms with Crippen molar-refractivity contribution in [2.75, 3.05) is 0 Å². The van der Waals surface area contributed by atoms with Crippen LogP contribution in [-0.2, 0) is 6.42 Å². The van der Waals surface area contributed by atoms with E-state index >= 15 is 0 Å². The van der Waals surface area contributed by atoms with Crippen LogP contribution in [0.3, 0.4) is 0 Å². The second kappa shape index (κ2) is 9.24. The molecule has 0 amide bonds. The second-order valence-corrected chi connectivity index (χ2v) is 11.7. The van der Waals surface area contributed by atoms with Crippen LogP contribution in [0.1, 0.15) is 55.2 Å². The van der Waals surface area contributed by atoms with Crippen molar-refractivity contribution in [3.63, 3.8) is 0 Å². The summed E-state index contributed by atoms with van der Waals surface area (Å²) in [5.74, 6) is 1.37. The maximum absolute atomic E-state index is 2.52. The number of halogens is 1. The highest BCUT2D eigenvalue weighted by molar-refractivity contribution is 14.2. The van der Waals surface area contributed by atoms with Gasteiger partial charge >= 0.3 is 0 Å². The van der Waals surface area contributed by atoms with E-state index in [1.54, 1.807) is 14.7 Å². The molecule has 3 aromatic rings. The summed E-state index contributed by atoms with van der Waals surface area (Å²) in [7, 11) is 0. The number of fused-ring (bicyclic) bond motifs is 2. The molecule has 158 valence electrons. The van der Waals surface area contributed by atoms with Gasteiger partial charge in [0.1, 0.15) is 0 Å². The van der Waals surface area contributed by atoms with Gasteiger partial charge in [-0.05, 0) is 85.6 Å². The maximum atomic E-state index is 2.52. The van der Waals surface area contributed by atoms with Gasteiger partial charge in [-0.3, -0.25) is 0 Å². The van der Waals surface area contributed by atoms with Crippen LogP contribution in [0.2, 0.25) is 0 Å². The molecule has 0 nitrogen and oxygen atoms in total. The second-order valence-electron chi connectivity index (χ2n) is 9.21. The Morgan fingerprint density at radius 2 is 1.77 bits per heavy atom. The first-order valence-electron chi connectivity index (χ1n) is 11.6. The standard InChI is InChI=1S/C30H31I/c1-21-7-9-23(10-8-21)11-12-24-13-16-29-28(19-24)17-18-31-30(29)22(2)26-15-14-25-5-3-4-6-27(25)20-26/h3-10,14-15,17-18,20,22,24H,11-13,16,19H2,1-2H3. The van der Waals surface area contributed by atoms with Crippen molar-refractivity contribution in [3.05, 3.63) is 104 Å². The Bertz CT molecular complexity index is 1180. The number of aryl methyl sites for hydroxylation is 2. The lowest BCUT2D eigenvalue weighted by Gasteiger charge is -2.31. The molecule has 2 atom stereocenters. The van der Waals surface area contributed by atoms with Gasteiger partial charge in [0, 0.05) is 5.92 Å². The highest BCUT2D eigenvalue weighted by atomic mass is 127. The van der Waals surface area contributed by atoms with Gasteiger partial charge in [-0.2, -0.15) is 0 Å². The fourth-order valence-electron chi connectivity index (χ4n) is 5.08. The molecule has 2 aliphatic rings. The van der Waals surface area contributed by atoms with E-state index in [4.69, 9.17) is 0 Å². The molecule has 0 radical (unpaired) electrons. The predicted octanol–water partition coefficient (Wildman–Crippen LogP) is 8.65. The van der Waals surface area contributed by atoms with Crippen LogP contribution in [0.15, 0.2) is 87.5 Å². The monoisotopic (exact) mass is 518 g/mol. The predicted molar refractivity (Wildman–Crippen MR) is 144 cm³/mol. The van der Waals surface area contributed by atoms with Gasteiger partial charge in [-0.15, -0.1) is 0 Å². The Balaban J connectivity index is 1.31. The first-order valence-corrected chi connectivity index (χ1v) is 13.9. The molecule has 0 aromatic heterocycles. The Kier molecular flexibility index (Phi) is 6.22. The van der Waals surface area contributed by atoms with E-state index in [0.717, 1.165) is 5.92 Å². The summed E-state index contributed by atoms with van der Waals surface area (Å²) in [6.07, 6.45) is 8.93. The largest absolute Gasteiger partial charge is 0.0892 e. The van der Waals surface area contributed by atoms with Gasteiger partial charge in [0.05, 0.1) is 0 Å². The van der Waals surface area contributed by atoms with E-state index in [1.807, 2.05) is 0 Å². The van der Waals surface area contributed by atoms with E-state index in [1.165, 1.54) is 59.6 Å². The third-order valence-corrected chi connectivity index (χ3v) is 10.0. The molecule has 1 saturated carbocycles. The van der Waals surface area contributed by atoms with Crippen molar-refractivity contribution in [3.8, 4) is 0 Å². The van der Waals surface area contributed by atoms with Gasteiger partial charge < -0.3 is 0 Å². The minimum absolute atomic E-state index is 0.00807. The number of allylic oxidation sites excluding steroid dienone is 4. The summed E-state index contributed by atoms with van der Waals surface area (Å²) >= 11 is 0.00807. The van der Waals surface area contributed by atoms with Crippen molar-refractivity contribution >= 4 is 35.5 Å². The average molecular weight is 518 g/mol. The minimum Gasteiger partial charge on any atom is -0.0892 e. The molecule has 1 aliphatic heterocycles. The summed E-state index contributed by atoms with van der Waals surface area (Å²) in [4.78, 5) is 0. The van der Waals surface area contributed by atoms with Gasteiger partial charge in [0.25, 0.3) is 0 Å². The van der Waals surface area contributed by atoms with Gasteiger partial charge in [0.15, 0.2) is 0 Å². The molecule has 2 unspecified atom stereocenters. The Morgan fingerprint density at radius 1 is 0.968 bits per heavy atom. The lowest BCUT2D eigenvalue weighted by molar-refractivity contribution is 0.424. The molecule has 3 aromatic carbocycles. The molecular formula is C30H31I. The van der Waals surface area contributed by atoms with Crippen LogP contribution < -0.4 is 0 Å². The fraction of sp³-hybridized carbons (Fsp3) is 0.300. The summed E-state index contributed by atoms with van der Waals surface area (Å²) in [6, 6.07) is 24.9. The van der Waals surface area contributed by atoms with Crippen LogP contribution >= 0.6 is 20.7 Å². The molecule has 0 saturated heterocycles. The van der Waals surface area contributed by atoms with Crippen molar-refractivity contribution in [2.45, 2.75) is 51.9 Å². The van der Waals surface area contributed by atoms with E-state index in [9.17, 15) is 0 Å². The number of hydrogen-bond acceptors (Lipinski definition) is 0. The molecule has 1 aliphatic carbocycles. The average Bonchev–Trinajstić information content (AvgIpc) is 2.82. The SMILES string of the molecule is Cc1ccc(CCC2CCC3=C(C(C)c4ccc5ccccc5c4)I=CC=C3C2)cc1. The highest BCUT2D eigenvalue weighted by Gasteiger charge is 2.26. The van der Waals surface area contributed by atoms with Gasteiger partial charge in [-0.1, -0.05) is 106 Å². The van der Waals surface area contributed by atoms with Crippen LogP contribution in [0, 0.1) is 12.8 Å². The Labute approximate surface area is 196 Å². The van der Waals surface area contributed by atoms with E-state index in [2.05, 4.69) is 90.7 Å². The molecular weight excluding hydrogens is 487 g/mol. The number of benzene rings is 3. The summed E-state index contributed by atoms with van der Waals surface area (Å²) in [6.45, 7) is 4.61. The third-order valence-electron chi connectivity index (χ3n) is 7.05. The molecule has 5 rings (SSSR count). The van der Waals surface area contributed by atoms with Crippen LogP contribution in [-0.4, -0.2) is 4.01 Å². The number of rotatable bonds is 5. The highest BCUT2D eigenvalue weighted by Crippen LogP contribution is 2.46. The van der Waals surface area contributed by atoms with Crippen LogP contribution in [0.25, 0.3) is 10.8 Å². The van der Waals surface area contributed by atoms with E-state index in [0.29, 0.717) is 5.92 Å². The zero-order chi connectivity index (χ0) is 21.2. The molecule has 1 heteroatoms. The lowest BCUT2D eigenvalue weighted by Crippen LogP contribution is -2.15. The van der Waals surface area contributed by atoms with Crippen molar-refractivity contribution in [1.82, 2.24) is 0 Å². The molecule has 1 heterocycles. The molecule has 1 fully saturated rings. The summed E-state index contributed by atoms with van der Waals surface area (Å²) < 4.78 is 4.29. The molecule has 31 heavy (non-hydrogen) atoms. The first-order chi connectivity index (χ1) is 15.2. The normalized spacial score (nSPS) is 19.5. The Hall–Kier alpha value is -2.00. The maximum Gasteiger partial charge on any atom is 0.0118 e. The molecule has 0 bridgehead atoms. The minimum atomic E-state index is 0.00807. The first kappa shape index (κ1) is 20.9. The van der Waals surface area contributed by atoms with Crippen molar-refractivity contribution in [1.29, 1.82) is 0 Å². The third kappa shape index (κ3) is 4.62. The summed E-state index contributed by atoms with van der Waals surface area (Å²) in [5.41, 5.74) is 7.70. The van der Waals surface area contributed by atoms with Crippen molar-refractivity contribution in [2.24, 2.45) is 5.92 Å². The lowest BCUT2D eigenvalue weighted by atomic mass is 9.78. The fourth-order valence-corrected chi connectivity index (χ4v) is 7.97. The number of hydrogen-bond donors (Lipinski definition) is 0. The molecule has 0 N–H and O–H groups in total. The zero-order valence-electron chi connectivity index (χ0n) is 18.6. The summed E-state index contributed by atoms with van der Waals surface area (Å²) in [5, 5.41) is 2.71. The van der Waals surface area contributed by atoms with E-state index < -0.39 is 0 Å². The topological polar surface area (TPSA) is 0 Å². The van der Waals surface area contributed by atoms with Gasteiger partial charge in [-0.25, -0.2) is 0 Å². The smallest absolute Gasteiger partial charge is 0.0118 e. The van der Waals surface area contributed by atoms with Crippen LogP contribution in [0.4, 0.5) is 0 Å². The quantitative estimate of drug-likeness (QED) is 0.297.